The predicted molar refractivity (Wildman–Crippen MR) is 128 cm³/mol. The van der Waals surface area contributed by atoms with Crippen molar-refractivity contribution in [2.75, 3.05) is 7.05 Å². The molecule has 5 rings (SSSR count). The first-order valence-electron chi connectivity index (χ1n) is 11.2. The Kier molecular flexibility index (Phi) is 5.33. The molecule has 4 nitrogen and oxygen atoms in total. The number of H-pyrrole nitrogens is 1. The molecule has 1 aliphatic rings. The minimum atomic E-state index is -0.312. The second-order valence-corrected chi connectivity index (χ2v) is 8.74. The van der Waals surface area contributed by atoms with Crippen molar-refractivity contribution < 1.29 is 9.18 Å². The summed E-state index contributed by atoms with van der Waals surface area (Å²) in [6.07, 6.45) is 6.41. The van der Waals surface area contributed by atoms with Crippen molar-refractivity contribution in [1.82, 2.24) is 14.9 Å². The lowest BCUT2D eigenvalue weighted by molar-refractivity contribution is 0.0260. The number of rotatable bonds is 5. The van der Waals surface area contributed by atoms with Gasteiger partial charge < -0.3 is 9.88 Å². The number of halogens is 1. The summed E-state index contributed by atoms with van der Waals surface area (Å²) in [5.74, 6) is 0.324. The maximum absolute atomic E-state index is 14.1. The van der Waals surface area contributed by atoms with Gasteiger partial charge in [-0.1, -0.05) is 48.5 Å². The SMILES string of the molecule is Cc1ccc(C(=O)N(C)C2(c3ccccc3)CCC2)c(-c2ccc(F)cc2)c1-c1ncc[nH]1. The number of carbonyl (C=O) groups is 1. The van der Waals surface area contributed by atoms with Crippen molar-refractivity contribution >= 4 is 5.91 Å². The van der Waals surface area contributed by atoms with Crippen molar-refractivity contribution in [3.63, 3.8) is 0 Å². The third-order valence-electron chi connectivity index (χ3n) is 6.95. The van der Waals surface area contributed by atoms with Crippen LogP contribution in [0.3, 0.4) is 0 Å². The van der Waals surface area contributed by atoms with E-state index in [-0.39, 0.29) is 17.3 Å². The lowest BCUT2D eigenvalue weighted by atomic mass is 9.70. The highest BCUT2D eigenvalue weighted by Gasteiger charge is 2.45. The summed E-state index contributed by atoms with van der Waals surface area (Å²) >= 11 is 0. The molecule has 1 amide bonds. The van der Waals surface area contributed by atoms with Crippen LogP contribution in [0.25, 0.3) is 22.5 Å². The Morgan fingerprint density at radius 3 is 2.33 bits per heavy atom. The van der Waals surface area contributed by atoms with Crippen molar-refractivity contribution in [2.45, 2.75) is 31.7 Å². The molecule has 4 aromatic rings. The van der Waals surface area contributed by atoms with Crippen molar-refractivity contribution in [3.05, 3.63) is 102 Å². The lowest BCUT2D eigenvalue weighted by Gasteiger charge is -2.49. The van der Waals surface area contributed by atoms with E-state index in [1.807, 2.05) is 49.2 Å². The number of carbonyl (C=O) groups excluding carboxylic acids is 1. The second-order valence-electron chi connectivity index (χ2n) is 8.74. The Hall–Kier alpha value is -3.73. The summed E-state index contributed by atoms with van der Waals surface area (Å²) in [4.78, 5) is 23.6. The number of benzene rings is 3. The molecule has 33 heavy (non-hydrogen) atoms. The molecule has 1 saturated carbocycles. The van der Waals surface area contributed by atoms with Crippen LogP contribution in [0.4, 0.5) is 4.39 Å². The number of hydrogen-bond donors (Lipinski definition) is 1. The van der Waals surface area contributed by atoms with Gasteiger partial charge in [0.1, 0.15) is 11.6 Å². The lowest BCUT2D eigenvalue weighted by Crippen LogP contribution is -2.51. The molecule has 0 atom stereocenters. The number of aromatic amines is 1. The summed E-state index contributed by atoms with van der Waals surface area (Å²) in [6, 6.07) is 20.4. The van der Waals surface area contributed by atoms with Gasteiger partial charge in [-0.25, -0.2) is 9.37 Å². The van der Waals surface area contributed by atoms with Gasteiger partial charge in [0.25, 0.3) is 5.91 Å². The highest BCUT2D eigenvalue weighted by molar-refractivity contribution is 6.05. The van der Waals surface area contributed by atoms with E-state index in [0.29, 0.717) is 11.4 Å². The third-order valence-corrected chi connectivity index (χ3v) is 6.95. The molecule has 0 spiro atoms. The van der Waals surface area contributed by atoms with E-state index >= 15 is 0 Å². The summed E-state index contributed by atoms with van der Waals surface area (Å²) in [7, 11) is 1.90. The van der Waals surface area contributed by atoms with Crippen molar-refractivity contribution in [2.24, 2.45) is 0 Å². The van der Waals surface area contributed by atoms with E-state index < -0.39 is 0 Å². The summed E-state index contributed by atoms with van der Waals surface area (Å²) in [5.41, 5.74) is 4.83. The van der Waals surface area contributed by atoms with Crippen LogP contribution in [0.1, 0.15) is 40.7 Å². The molecule has 1 N–H and O–H groups in total. The van der Waals surface area contributed by atoms with E-state index in [1.165, 1.54) is 12.1 Å². The van der Waals surface area contributed by atoms with Gasteiger partial charge in [0.15, 0.2) is 0 Å². The normalized spacial score (nSPS) is 14.5. The molecule has 1 fully saturated rings. The fourth-order valence-corrected chi connectivity index (χ4v) is 4.96. The molecule has 5 heteroatoms. The zero-order valence-corrected chi connectivity index (χ0v) is 18.8. The molecule has 0 aliphatic heterocycles. The third kappa shape index (κ3) is 3.54. The zero-order chi connectivity index (χ0) is 23.0. The summed E-state index contributed by atoms with van der Waals surface area (Å²) in [5, 5.41) is 0. The Bertz CT molecular complexity index is 1280. The van der Waals surface area contributed by atoms with Crippen LogP contribution >= 0.6 is 0 Å². The Labute approximate surface area is 193 Å². The first kappa shape index (κ1) is 21.1. The number of hydrogen-bond acceptors (Lipinski definition) is 2. The van der Waals surface area contributed by atoms with Crippen LogP contribution in [0.2, 0.25) is 0 Å². The van der Waals surface area contributed by atoms with E-state index in [2.05, 4.69) is 22.1 Å². The van der Waals surface area contributed by atoms with Gasteiger partial charge in [-0.15, -0.1) is 0 Å². The van der Waals surface area contributed by atoms with E-state index in [9.17, 15) is 9.18 Å². The van der Waals surface area contributed by atoms with Crippen LogP contribution < -0.4 is 0 Å². The second kappa shape index (κ2) is 8.32. The van der Waals surface area contributed by atoms with Crippen LogP contribution in [0, 0.1) is 12.7 Å². The quantitative estimate of drug-likeness (QED) is 0.394. The van der Waals surface area contributed by atoms with Gasteiger partial charge in [0.05, 0.1) is 5.54 Å². The van der Waals surface area contributed by atoms with Crippen LogP contribution in [0.15, 0.2) is 79.1 Å². The van der Waals surface area contributed by atoms with Gasteiger partial charge in [0, 0.05) is 36.1 Å². The molecule has 166 valence electrons. The Morgan fingerprint density at radius 1 is 1.00 bits per heavy atom. The summed E-state index contributed by atoms with van der Waals surface area (Å²) < 4.78 is 13.7. The van der Waals surface area contributed by atoms with E-state index in [0.717, 1.165) is 47.1 Å². The minimum absolute atomic E-state index is 0.0503. The molecule has 3 aromatic carbocycles. The smallest absolute Gasteiger partial charge is 0.254 e. The van der Waals surface area contributed by atoms with Crippen LogP contribution in [0.5, 0.6) is 0 Å². The molecular weight excluding hydrogens is 413 g/mol. The molecule has 1 heterocycles. The number of amides is 1. The van der Waals surface area contributed by atoms with Crippen molar-refractivity contribution in [1.29, 1.82) is 0 Å². The fourth-order valence-electron chi connectivity index (χ4n) is 4.96. The number of nitrogens with zero attached hydrogens (tertiary/aromatic N) is 2. The molecular formula is C28H26FN3O. The number of aryl methyl sites for hydroxylation is 1. The number of nitrogens with one attached hydrogen (secondary N) is 1. The zero-order valence-electron chi connectivity index (χ0n) is 18.8. The van der Waals surface area contributed by atoms with Gasteiger partial charge in [-0.3, -0.25) is 4.79 Å². The molecule has 0 bridgehead atoms. The van der Waals surface area contributed by atoms with Crippen LogP contribution in [-0.4, -0.2) is 27.8 Å². The van der Waals surface area contributed by atoms with Gasteiger partial charge in [-0.2, -0.15) is 0 Å². The van der Waals surface area contributed by atoms with Gasteiger partial charge >= 0.3 is 0 Å². The fraction of sp³-hybridized carbons (Fsp3) is 0.214. The largest absolute Gasteiger partial charge is 0.345 e. The Morgan fingerprint density at radius 2 is 1.73 bits per heavy atom. The monoisotopic (exact) mass is 439 g/mol. The minimum Gasteiger partial charge on any atom is -0.345 e. The first-order valence-corrected chi connectivity index (χ1v) is 11.2. The highest BCUT2D eigenvalue weighted by atomic mass is 19.1. The van der Waals surface area contributed by atoms with Gasteiger partial charge in [0.2, 0.25) is 0 Å². The van der Waals surface area contributed by atoms with E-state index in [1.54, 1.807) is 24.5 Å². The standard InChI is InChI=1S/C28H26FN3O/c1-19-9-14-23(27(33)32(2)28(15-6-16-28)21-7-4-3-5-8-21)25(20-10-12-22(29)13-11-20)24(19)26-30-17-18-31-26/h3-5,7-14,17-18H,6,15-16H2,1-2H3,(H,30,31). The topological polar surface area (TPSA) is 49.0 Å². The molecule has 0 radical (unpaired) electrons. The average molecular weight is 440 g/mol. The first-order chi connectivity index (χ1) is 16.0. The van der Waals surface area contributed by atoms with Crippen LogP contribution in [-0.2, 0) is 5.54 Å². The molecule has 1 aromatic heterocycles. The molecule has 0 saturated heterocycles. The average Bonchev–Trinajstić information content (AvgIpc) is 3.33. The molecule has 0 unspecified atom stereocenters. The maximum Gasteiger partial charge on any atom is 0.254 e. The predicted octanol–water partition coefficient (Wildman–Crippen LogP) is 6.34. The Balaban J connectivity index is 1.67. The van der Waals surface area contributed by atoms with Gasteiger partial charge in [-0.05, 0) is 61.1 Å². The molecule has 1 aliphatic carbocycles. The van der Waals surface area contributed by atoms with Crippen molar-refractivity contribution in [3.8, 4) is 22.5 Å². The number of imidazole rings is 1. The maximum atomic E-state index is 14.1. The highest BCUT2D eigenvalue weighted by Crippen LogP contribution is 2.47. The number of aromatic nitrogens is 2. The summed E-state index contributed by atoms with van der Waals surface area (Å²) in [6.45, 7) is 2.00. The van der Waals surface area contributed by atoms with E-state index in [4.69, 9.17) is 0 Å².